The van der Waals surface area contributed by atoms with Gasteiger partial charge in [0.2, 0.25) is 0 Å². The van der Waals surface area contributed by atoms with E-state index in [-0.39, 0.29) is 13.1 Å². The van der Waals surface area contributed by atoms with E-state index in [0.29, 0.717) is 31.5 Å². The highest BCUT2D eigenvalue weighted by molar-refractivity contribution is 5.86. The molecule has 0 spiro atoms. The summed E-state index contributed by atoms with van der Waals surface area (Å²) in [5.41, 5.74) is -1.82. The molecular weight excluding hydrogens is 354 g/mol. The third-order valence-corrected chi connectivity index (χ3v) is 5.72. The number of hydrogen-bond acceptors (Lipinski definition) is 4. The zero-order valence-electron chi connectivity index (χ0n) is 15.5. The van der Waals surface area contributed by atoms with Gasteiger partial charge in [0.25, 0.3) is 5.91 Å². The van der Waals surface area contributed by atoms with E-state index in [4.69, 9.17) is 0 Å². The molecule has 1 heterocycles. The number of likely N-dealkylation sites (tertiary alicyclic amines) is 1. The van der Waals surface area contributed by atoms with Crippen LogP contribution in [-0.4, -0.2) is 51.9 Å². The number of amides is 1. The average Bonchev–Trinajstić information content (AvgIpc) is 2.63. The maximum atomic E-state index is 13.4. The molecule has 2 aliphatic rings. The molecule has 0 bridgehead atoms. The summed E-state index contributed by atoms with van der Waals surface area (Å²) in [6.45, 7) is 1.01. The van der Waals surface area contributed by atoms with Crippen LogP contribution in [0, 0.1) is 11.6 Å². The van der Waals surface area contributed by atoms with Crippen molar-refractivity contribution < 1.29 is 23.8 Å². The monoisotopic (exact) mass is 382 g/mol. The predicted molar refractivity (Wildman–Crippen MR) is 96.9 cm³/mol. The highest BCUT2D eigenvalue weighted by Crippen LogP contribution is 2.28. The fourth-order valence-electron chi connectivity index (χ4n) is 4.13. The van der Waals surface area contributed by atoms with E-state index in [0.717, 1.165) is 44.2 Å². The second kappa shape index (κ2) is 8.20. The van der Waals surface area contributed by atoms with Gasteiger partial charge in [-0.15, -0.1) is 0 Å². The lowest BCUT2D eigenvalue weighted by atomic mass is 9.84. The van der Waals surface area contributed by atoms with Crippen LogP contribution in [-0.2, 0) is 11.3 Å². The van der Waals surface area contributed by atoms with Crippen LogP contribution in [0.25, 0.3) is 0 Å². The second-order valence-electron chi connectivity index (χ2n) is 8.00. The van der Waals surface area contributed by atoms with Crippen LogP contribution < -0.4 is 5.32 Å². The number of nitrogens with zero attached hydrogens (tertiary/aromatic N) is 1. The van der Waals surface area contributed by atoms with Crippen molar-refractivity contribution in [2.24, 2.45) is 0 Å². The van der Waals surface area contributed by atoms with Crippen molar-refractivity contribution in [3.05, 3.63) is 35.4 Å². The number of halogens is 2. The summed E-state index contributed by atoms with van der Waals surface area (Å²) < 4.78 is 26.5. The minimum atomic E-state index is -1.54. The third kappa shape index (κ3) is 4.83. The fourth-order valence-corrected chi connectivity index (χ4v) is 4.13. The van der Waals surface area contributed by atoms with E-state index < -0.39 is 28.7 Å². The Morgan fingerprint density at radius 1 is 1.00 bits per heavy atom. The molecule has 1 atom stereocenters. The number of benzene rings is 1. The Morgan fingerprint density at radius 3 is 2.44 bits per heavy atom. The zero-order valence-corrected chi connectivity index (χ0v) is 15.5. The topological polar surface area (TPSA) is 72.8 Å². The summed E-state index contributed by atoms with van der Waals surface area (Å²) in [6, 6.07) is 3.56. The molecule has 1 saturated carbocycles. The first kappa shape index (κ1) is 20.2. The van der Waals surface area contributed by atoms with E-state index in [2.05, 4.69) is 5.32 Å². The maximum absolute atomic E-state index is 13.4. The van der Waals surface area contributed by atoms with E-state index in [1.807, 2.05) is 0 Å². The average molecular weight is 382 g/mol. The highest BCUT2D eigenvalue weighted by Gasteiger charge is 2.42. The lowest BCUT2D eigenvalue weighted by molar-refractivity contribution is -0.157. The molecule has 7 heteroatoms. The SMILES string of the molecule is O=C1N(Cc2ccc(F)c(F)c2)CCCC1(O)CNCC1(O)CCCCC1. The standard InChI is InChI=1S/C20H28F2N2O3/c21-16-6-5-15(11-17(16)22)12-24-10-4-9-20(27,18(24)25)14-23-13-19(26)7-2-1-3-8-19/h5-6,11,23,26-27H,1-4,7-10,12-14H2. The van der Waals surface area contributed by atoms with Crippen molar-refractivity contribution in [1.82, 2.24) is 10.2 Å². The Bertz CT molecular complexity index is 679. The molecular formula is C20H28F2N2O3. The number of hydrogen-bond donors (Lipinski definition) is 3. The van der Waals surface area contributed by atoms with Crippen LogP contribution in [0.2, 0.25) is 0 Å². The van der Waals surface area contributed by atoms with E-state index in [9.17, 15) is 23.8 Å². The first-order valence-electron chi connectivity index (χ1n) is 9.70. The van der Waals surface area contributed by atoms with Gasteiger partial charge in [-0.2, -0.15) is 0 Å². The van der Waals surface area contributed by atoms with Crippen LogP contribution >= 0.6 is 0 Å². The third-order valence-electron chi connectivity index (χ3n) is 5.72. The number of nitrogens with one attached hydrogen (secondary N) is 1. The molecule has 0 aromatic heterocycles. The Kier molecular flexibility index (Phi) is 6.13. The number of piperidine rings is 1. The number of rotatable bonds is 6. The Balaban J connectivity index is 1.58. The molecule has 1 aromatic rings. The number of carbonyl (C=O) groups is 1. The molecule has 3 N–H and O–H groups in total. The summed E-state index contributed by atoms with van der Waals surface area (Å²) in [6.07, 6.45) is 5.53. The summed E-state index contributed by atoms with van der Waals surface area (Å²) in [5, 5.41) is 24.5. The van der Waals surface area contributed by atoms with Gasteiger partial charge in [0, 0.05) is 26.2 Å². The number of aliphatic hydroxyl groups is 2. The highest BCUT2D eigenvalue weighted by atomic mass is 19.2. The largest absolute Gasteiger partial charge is 0.389 e. The molecule has 1 unspecified atom stereocenters. The quantitative estimate of drug-likeness (QED) is 0.705. The van der Waals surface area contributed by atoms with Crippen molar-refractivity contribution in [3.63, 3.8) is 0 Å². The molecule has 5 nitrogen and oxygen atoms in total. The molecule has 1 aliphatic carbocycles. The van der Waals surface area contributed by atoms with Crippen LogP contribution in [0.3, 0.4) is 0 Å². The number of carbonyl (C=O) groups excluding carboxylic acids is 1. The summed E-state index contributed by atoms with van der Waals surface area (Å²) in [4.78, 5) is 14.3. The molecule has 1 amide bonds. The normalized spacial score (nSPS) is 25.6. The van der Waals surface area contributed by atoms with Crippen molar-refractivity contribution in [2.75, 3.05) is 19.6 Å². The van der Waals surface area contributed by atoms with Crippen molar-refractivity contribution in [3.8, 4) is 0 Å². The van der Waals surface area contributed by atoms with Gasteiger partial charge in [0.05, 0.1) is 5.60 Å². The van der Waals surface area contributed by atoms with Crippen LogP contribution in [0.5, 0.6) is 0 Å². The molecule has 3 rings (SSSR count). The Labute approximate surface area is 158 Å². The van der Waals surface area contributed by atoms with Gasteiger partial charge in [0.15, 0.2) is 17.2 Å². The first-order chi connectivity index (χ1) is 12.8. The molecule has 1 aromatic carbocycles. The summed E-state index contributed by atoms with van der Waals surface area (Å²) >= 11 is 0. The molecule has 0 radical (unpaired) electrons. The van der Waals surface area contributed by atoms with E-state index in [1.165, 1.54) is 11.0 Å². The first-order valence-corrected chi connectivity index (χ1v) is 9.70. The summed E-state index contributed by atoms with van der Waals surface area (Å²) in [5.74, 6) is -2.29. The van der Waals surface area contributed by atoms with Crippen LogP contribution in [0.15, 0.2) is 18.2 Å². The minimum Gasteiger partial charge on any atom is -0.389 e. The van der Waals surface area contributed by atoms with Gasteiger partial charge in [0.1, 0.15) is 0 Å². The van der Waals surface area contributed by atoms with Gasteiger partial charge >= 0.3 is 0 Å². The van der Waals surface area contributed by atoms with Crippen molar-refractivity contribution >= 4 is 5.91 Å². The maximum Gasteiger partial charge on any atom is 0.256 e. The lowest BCUT2D eigenvalue weighted by Gasteiger charge is -2.39. The van der Waals surface area contributed by atoms with Crippen LogP contribution in [0.1, 0.15) is 50.5 Å². The molecule has 2 fully saturated rings. The Morgan fingerprint density at radius 2 is 1.74 bits per heavy atom. The van der Waals surface area contributed by atoms with E-state index in [1.54, 1.807) is 0 Å². The predicted octanol–water partition coefficient (Wildman–Crippen LogP) is 2.10. The van der Waals surface area contributed by atoms with Crippen molar-refractivity contribution in [2.45, 2.75) is 62.7 Å². The molecule has 27 heavy (non-hydrogen) atoms. The summed E-state index contributed by atoms with van der Waals surface area (Å²) in [7, 11) is 0. The van der Waals surface area contributed by atoms with E-state index >= 15 is 0 Å². The molecule has 150 valence electrons. The smallest absolute Gasteiger partial charge is 0.256 e. The lowest BCUT2D eigenvalue weighted by Crippen LogP contribution is -2.59. The van der Waals surface area contributed by atoms with Crippen molar-refractivity contribution in [1.29, 1.82) is 0 Å². The van der Waals surface area contributed by atoms with Gasteiger partial charge in [-0.25, -0.2) is 8.78 Å². The fraction of sp³-hybridized carbons (Fsp3) is 0.650. The molecule has 1 aliphatic heterocycles. The second-order valence-corrected chi connectivity index (χ2v) is 8.00. The molecule has 1 saturated heterocycles. The zero-order chi connectivity index (χ0) is 19.5. The van der Waals surface area contributed by atoms with Gasteiger partial charge in [-0.1, -0.05) is 25.3 Å². The van der Waals surface area contributed by atoms with Gasteiger partial charge in [-0.3, -0.25) is 4.79 Å². The van der Waals surface area contributed by atoms with Gasteiger partial charge < -0.3 is 20.4 Å². The van der Waals surface area contributed by atoms with Crippen LogP contribution in [0.4, 0.5) is 8.78 Å². The van der Waals surface area contributed by atoms with Gasteiger partial charge in [-0.05, 0) is 43.4 Å². The minimum absolute atomic E-state index is 0.0718. The Hall–Kier alpha value is -1.57.